The van der Waals surface area contributed by atoms with E-state index in [-0.39, 0.29) is 19.6 Å². The van der Waals surface area contributed by atoms with Gasteiger partial charge in [-0.05, 0) is 38.5 Å². The molecule has 0 saturated carbocycles. The third kappa shape index (κ3) is 30.3. The lowest BCUT2D eigenvalue weighted by Gasteiger charge is -2.24. The lowest BCUT2D eigenvalue weighted by molar-refractivity contribution is -0.124. The summed E-state index contributed by atoms with van der Waals surface area (Å²) in [5, 5.41) is 23.8. The van der Waals surface area contributed by atoms with Crippen molar-refractivity contribution in [2.75, 3.05) is 19.8 Å². The third-order valence-corrected chi connectivity index (χ3v) is 9.06. The van der Waals surface area contributed by atoms with Crippen LogP contribution in [-0.2, 0) is 18.4 Å². The molecule has 9 nitrogen and oxygen atoms in total. The normalized spacial score (nSPS) is 15.3. The molecule has 0 aliphatic rings. The lowest BCUT2D eigenvalue weighted by atomic mass is 10.0. The molecule has 46 heavy (non-hydrogen) atoms. The van der Waals surface area contributed by atoms with Crippen LogP contribution in [0.15, 0.2) is 24.3 Å². The third-order valence-electron chi connectivity index (χ3n) is 8.08. The number of nitrogens with two attached hydrogens (primary N) is 1. The average molecular weight is 675 g/mol. The summed E-state index contributed by atoms with van der Waals surface area (Å²) in [6.07, 6.45) is 31.3. The predicted octanol–water partition coefficient (Wildman–Crippen LogP) is 8.41. The second kappa shape index (κ2) is 32.5. The minimum atomic E-state index is -4.39. The van der Waals surface area contributed by atoms with Crippen LogP contribution in [0.5, 0.6) is 0 Å². The molecule has 0 aliphatic heterocycles. The Labute approximate surface area is 281 Å². The summed E-state index contributed by atoms with van der Waals surface area (Å²) >= 11 is 0. The van der Waals surface area contributed by atoms with Crippen molar-refractivity contribution in [1.82, 2.24) is 5.32 Å². The van der Waals surface area contributed by atoms with Crippen molar-refractivity contribution >= 4 is 13.7 Å². The fraction of sp³-hybridized carbons (Fsp3) is 0.861. The molecule has 272 valence electrons. The molecule has 10 heteroatoms. The molecule has 0 aromatic heterocycles. The second-order valence-corrected chi connectivity index (χ2v) is 14.1. The molecule has 0 bridgehead atoms. The van der Waals surface area contributed by atoms with E-state index in [0.29, 0.717) is 6.42 Å². The average Bonchev–Trinajstić information content (AvgIpc) is 3.03. The largest absolute Gasteiger partial charge is 0.472 e. The summed E-state index contributed by atoms with van der Waals surface area (Å²) < 4.78 is 21.9. The van der Waals surface area contributed by atoms with Gasteiger partial charge in [-0.15, -0.1) is 0 Å². The molecule has 0 fully saturated rings. The van der Waals surface area contributed by atoms with E-state index >= 15 is 0 Å². The Kier molecular flexibility index (Phi) is 31.7. The highest BCUT2D eigenvalue weighted by atomic mass is 31.2. The zero-order valence-electron chi connectivity index (χ0n) is 29.4. The second-order valence-electron chi connectivity index (χ2n) is 12.6. The molecule has 4 unspecified atom stereocenters. The van der Waals surface area contributed by atoms with Gasteiger partial charge in [0.05, 0.1) is 37.9 Å². The van der Waals surface area contributed by atoms with E-state index < -0.39 is 38.6 Å². The number of phosphoric ester groups is 1. The Morgan fingerprint density at radius 2 is 1.24 bits per heavy atom. The summed E-state index contributed by atoms with van der Waals surface area (Å²) in [6, 6.07) is -0.984. The van der Waals surface area contributed by atoms with E-state index in [9.17, 15) is 24.5 Å². The molecular weight excluding hydrogens is 603 g/mol. The molecule has 4 atom stereocenters. The van der Waals surface area contributed by atoms with Crippen LogP contribution < -0.4 is 11.1 Å². The van der Waals surface area contributed by atoms with Gasteiger partial charge in [-0.3, -0.25) is 13.8 Å². The lowest BCUT2D eigenvalue weighted by Crippen LogP contribution is -2.46. The first-order valence-electron chi connectivity index (χ1n) is 18.5. The van der Waals surface area contributed by atoms with Gasteiger partial charge < -0.3 is 26.2 Å². The van der Waals surface area contributed by atoms with E-state index in [1.165, 1.54) is 89.9 Å². The number of aliphatic hydroxyl groups excluding tert-OH is 2. The first kappa shape index (κ1) is 44.9. The van der Waals surface area contributed by atoms with Crippen molar-refractivity contribution in [1.29, 1.82) is 0 Å². The summed E-state index contributed by atoms with van der Waals surface area (Å²) in [4.78, 5) is 22.6. The van der Waals surface area contributed by atoms with Gasteiger partial charge in [0.25, 0.3) is 0 Å². The van der Waals surface area contributed by atoms with Crippen molar-refractivity contribution in [3.8, 4) is 0 Å². The maximum Gasteiger partial charge on any atom is 0.472 e. The van der Waals surface area contributed by atoms with Crippen LogP contribution in [0.1, 0.15) is 162 Å². The SMILES string of the molecule is CCCC/C=C\CCCCC(O)CC(=O)NC(COP(=O)(O)OCCN)C(O)/C=C/CCCCCCCCCCCCCCCC. The Bertz CT molecular complexity index is 796. The molecule has 0 radical (unpaired) electrons. The van der Waals surface area contributed by atoms with Gasteiger partial charge in [0.15, 0.2) is 0 Å². The van der Waals surface area contributed by atoms with Crippen LogP contribution in [0.2, 0.25) is 0 Å². The van der Waals surface area contributed by atoms with Crippen LogP contribution in [-0.4, -0.2) is 59.0 Å². The van der Waals surface area contributed by atoms with Gasteiger partial charge in [0.1, 0.15) is 0 Å². The maximum atomic E-state index is 12.7. The summed E-state index contributed by atoms with van der Waals surface area (Å²) in [5.41, 5.74) is 5.33. The van der Waals surface area contributed by atoms with Crippen LogP contribution in [0.3, 0.4) is 0 Å². The van der Waals surface area contributed by atoms with E-state index in [1.807, 2.05) is 6.08 Å². The topological polar surface area (TPSA) is 151 Å². The molecule has 6 N–H and O–H groups in total. The molecule has 0 heterocycles. The molecule has 0 aromatic carbocycles. The van der Waals surface area contributed by atoms with Crippen molar-refractivity contribution in [2.24, 2.45) is 5.73 Å². The number of hydrogen-bond donors (Lipinski definition) is 5. The summed E-state index contributed by atoms with van der Waals surface area (Å²) in [6.45, 7) is 3.88. The molecule has 0 spiro atoms. The number of allylic oxidation sites excluding steroid dienone is 3. The minimum absolute atomic E-state index is 0.0473. The zero-order chi connectivity index (χ0) is 34.1. The first-order valence-corrected chi connectivity index (χ1v) is 20.0. The number of carbonyl (C=O) groups is 1. The highest BCUT2D eigenvalue weighted by molar-refractivity contribution is 7.47. The summed E-state index contributed by atoms with van der Waals surface area (Å²) in [7, 11) is -4.39. The fourth-order valence-electron chi connectivity index (χ4n) is 5.21. The molecule has 0 saturated heterocycles. The molecule has 1 amide bonds. The van der Waals surface area contributed by atoms with Gasteiger partial charge in [-0.2, -0.15) is 0 Å². The number of aliphatic hydroxyl groups is 2. The number of hydrogen-bond acceptors (Lipinski definition) is 7. The standard InChI is InChI=1S/C36H71N2O7P/c1-3-5-7-9-11-13-14-15-16-17-18-19-20-22-24-26-28-35(40)34(32-45-46(42,43)44-30-29-37)38-36(41)31-33(39)27-25-23-21-12-10-8-6-4-2/h10,12,26,28,33-35,39-40H,3-9,11,13-25,27,29-32,37H2,1-2H3,(H,38,41)(H,42,43)/b12-10-,28-26+. The predicted molar refractivity (Wildman–Crippen MR) is 191 cm³/mol. The van der Waals surface area contributed by atoms with Gasteiger partial charge in [-0.1, -0.05) is 141 Å². The van der Waals surface area contributed by atoms with Gasteiger partial charge in [0.2, 0.25) is 5.91 Å². The maximum absolute atomic E-state index is 12.7. The smallest absolute Gasteiger partial charge is 0.393 e. The monoisotopic (exact) mass is 674 g/mol. The molecular formula is C36H71N2O7P. The molecule has 0 aromatic rings. The van der Waals surface area contributed by atoms with E-state index in [2.05, 4.69) is 31.3 Å². The van der Waals surface area contributed by atoms with Crippen LogP contribution in [0.4, 0.5) is 0 Å². The van der Waals surface area contributed by atoms with Crippen LogP contribution >= 0.6 is 7.82 Å². The minimum Gasteiger partial charge on any atom is -0.393 e. The summed E-state index contributed by atoms with van der Waals surface area (Å²) in [5.74, 6) is -0.462. The Hall–Kier alpha value is -1.06. The quantitative estimate of drug-likeness (QED) is 0.0259. The number of carbonyl (C=O) groups excluding carboxylic acids is 1. The van der Waals surface area contributed by atoms with E-state index in [1.54, 1.807) is 6.08 Å². The fourth-order valence-corrected chi connectivity index (χ4v) is 5.97. The number of unbranched alkanes of at least 4 members (excludes halogenated alkanes) is 18. The van der Waals surface area contributed by atoms with Crippen molar-refractivity contribution in [3.63, 3.8) is 0 Å². The van der Waals surface area contributed by atoms with E-state index in [0.717, 1.165) is 44.9 Å². The van der Waals surface area contributed by atoms with E-state index in [4.69, 9.17) is 14.8 Å². The Morgan fingerprint density at radius 1 is 0.739 bits per heavy atom. The molecule has 0 rings (SSSR count). The Morgan fingerprint density at radius 3 is 1.80 bits per heavy atom. The number of nitrogens with one attached hydrogen (secondary N) is 1. The van der Waals surface area contributed by atoms with Gasteiger partial charge in [0, 0.05) is 6.54 Å². The van der Waals surface area contributed by atoms with Crippen molar-refractivity contribution in [3.05, 3.63) is 24.3 Å². The van der Waals surface area contributed by atoms with Crippen LogP contribution in [0, 0.1) is 0 Å². The van der Waals surface area contributed by atoms with Crippen molar-refractivity contribution < 1.29 is 33.5 Å². The van der Waals surface area contributed by atoms with Crippen LogP contribution in [0.25, 0.3) is 0 Å². The van der Waals surface area contributed by atoms with Gasteiger partial charge in [-0.25, -0.2) is 4.57 Å². The van der Waals surface area contributed by atoms with Gasteiger partial charge >= 0.3 is 7.82 Å². The number of rotatable bonds is 34. The molecule has 0 aliphatic carbocycles. The number of amides is 1. The highest BCUT2D eigenvalue weighted by Gasteiger charge is 2.27. The number of phosphoric acid groups is 1. The van der Waals surface area contributed by atoms with Crippen molar-refractivity contribution in [2.45, 2.75) is 180 Å². The first-order chi connectivity index (χ1) is 22.3. The Balaban J connectivity index is 4.44. The zero-order valence-corrected chi connectivity index (χ0v) is 30.3. The highest BCUT2D eigenvalue weighted by Crippen LogP contribution is 2.43.